The van der Waals surface area contributed by atoms with E-state index in [4.69, 9.17) is 16.3 Å². The smallest absolute Gasteiger partial charge is 0.261 e. The first-order chi connectivity index (χ1) is 11.9. The number of nitrogens with one attached hydrogen (secondary N) is 2. The van der Waals surface area contributed by atoms with Gasteiger partial charge >= 0.3 is 0 Å². The fraction of sp³-hybridized carbons (Fsp3) is 0.278. The summed E-state index contributed by atoms with van der Waals surface area (Å²) in [6, 6.07) is 7.92. The van der Waals surface area contributed by atoms with Crippen LogP contribution in [0.1, 0.15) is 41.5 Å². The van der Waals surface area contributed by atoms with Gasteiger partial charge in [0.15, 0.2) is 0 Å². The van der Waals surface area contributed by atoms with Crippen LogP contribution in [-0.4, -0.2) is 29.4 Å². The van der Waals surface area contributed by atoms with Crippen LogP contribution >= 0.6 is 11.6 Å². The second-order valence-electron chi connectivity index (χ2n) is 5.56. The zero-order valence-electron chi connectivity index (χ0n) is 14.3. The van der Waals surface area contributed by atoms with Gasteiger partial charge in [-0.05, 0) is 51.1 Å². The van der Waals surface area contributed by atoms with E-state index < -0.39 is 5.91 Å². The summed E-state index contributed by atoms with van der Waals surface area (Å²) < 4.78 is 5.37. The van der Waals surface area contributed by atoms with Crippen molar-refractivity contribution in [1.82, 2.24) is 10.3 Å². The van der Waals surface area contributed by atoms with E-state index in [2.05, 4.69) is 15.6 Å². The second-order valence-corrected chi connectivity index (χ2v) is 6.00. The monoisotopic (exact) mass is 361 g/mol. The van der Waals surface area contributed by atoms with Gasteiger partial charge in [-0.3, -0.25) is 9.59 Å². The van der Waals surface area contributed by atoms with Crippen molar-refractivity contribution in [2.45, 2.75) is 26.8 Å². The van der Waals surface area contributed by atoms with Crippen molar-refractivity contribution in [3.05, 3.63) is 52.7 Å². The molecule has 2 rings (SSSR count). The number of benzene rings is 1. The maximum Gasteiger partial charge on any atom is 0.261 e. The number of halogens is 1. The molecule has 0 fully saturated rings. The van der Waals surface area contributed by atoms with Crippen LogP contribution in [0.2, 0.25) is 5.02 Å². The minimum Gasteiger partial charge on any atom is -0.477 e. The number of aromatic nitrogens is 1. The van der Waals surface area contributed by atoms with Crippen LogP contribution in [-0.2, 0) is 0 Å². The van der Waals surface area contributed by atoms with Crippen LogP contribution in [0.25, 0.3) is 0 Å². The maximum atomic E-state index is 12.6. The van der Waals surface area contributed by atoms with Crippen LogP contribution < -0.4 is 15.4 Å². The average Bonchev–Trinajstić information content (AvgIpc) is 2.55. The maximum absolute atomic E-state index is 12.6. The summed E-state index contributed by atoms with van der Waals surface area (Å²) in [5.41, 5.74) is 0.926. The van der Waals surface area contributed by atoms with Gasteiger partial charge in [0.05, 0.1) is 17.9 Å². The average molecular weight is 362 g/mol. The topological polar surface area (TPSA) is 80.3 Å². The lowest BCUT2D eigenvalue weighted by molar-refractivity contribution is 0.0944. The number of ether oxygens (including phenoxy) is 1. The molecule has 1 aromatic heterocycles. The Morgan fingerprint density at radius 3 is 2.64 bits per heavy atom. The van der Waals surface area contributed by atoms with Gasteiger partial charge in [0.2, 0.25) is 5.88 Å². The molecule has 7 heteroatoms. The number of carbonyl (C=O) groups is 2. The van der Waals surface area contributed by atoms with Gasteiger partial charge < -0.3 is 15.4 Å². The molecule has 2 amide bonds. The summed E-state index contributed by atoms with van der Waals surface area (Å²) in [5, 5.41) is 5.92. The molecular formula is C18H20ClN3O3. The number of hydrogen-bond acceptors (Lipinski definition) is 4. The first-order valence-corrected chi connectivity index (χ1v) is 8.29. The largest absolute Gasteiger partial charge is 0.477 e. The molecule has 0 unspecified atom stereocenters. The molecule has 0 saturated carbocycles. The van der Waals surface area contributed by atoms with Gasteiger partial charge in [-0.15, -0.1) is 0 Å². The number of anilines is 1. The summed E-state index contributed by atoms with van der Waals surface area (Å²) in [6.45, 7) is 5.91. The predicted octanol–water partition coefficient (Wildman–Crippen LogP) is 3.52. The van der Waals surface area contributed by atoms with Crippen LogP contribution in [0.3, 0.4) is 0 Å². The third-order valence-corrected chi connectivity index (χ3v) is 3.43. The molecule has 0 bridgehead atoms. The van der Waals surface area contributed by atoms with E-state index in [9.17, 15) is 9.59 Å². The lowest BCUT2D eigenvalue weighted by atomic mass is 10.1. The molecule has 6 nitrogen and oxygen atoms in total. The lowest BCUT2D eigenvalue weighted by Gasteiger charge is -2.14. The standard InChI is InChI=1S/C18H20ClN3O3/c1-4-25-18-14(6-5-9-20-18)17(24)22-15-10-12(19)7-8-13(15)16(23)21-11(2)3/h5-11H,4H2,1-3H3,(H,21,23)(H,22,24). The second kappa shape index (κ2) is 8.48. The highest BCUT2D eigenvalue weighted by Crippen LogP contribution is 2.23. The fourth-order valence-electron chi connectivity index (χ4n) is 2.16. The highest BCUT2D eigenvalue weighted by molar-refractivity contribution is 6.31. The summed E-state index contributed by atoms with van der Waals surface area (Å²) in [7, 11) is 0. The number of nitrogens with zero attached hydrogens (tertiary/aromatic N) is 1. The molecule has 0 aliphatic carbocycles. The van der Waals surface area contributed by atoms with Gasteiger partial charge in [-0.1, -0.05) is 11.6 Å². The Kier molecular flexibility index (Phi) is 6.36. The minimum absolute atomic E-state index is 0.0328. The molecule has 25 heavy (non-hydrogen) atoms. The molecule has 1 aromatic carbocycles. The first-order valence-electron chi connectivity index (χ1n) is 7.92. The summed E-state index contributed by atoms with van der Waals surface area (Å²) in [6.07, 6.45) is 1.54. The molecular weight excluding hydrogens is 342 g/mol. The number of amides is 2. The van der Waals surface area contributed by atoms with Crippen molar-refractivity contribution in [2.75, 3.05) is 11.9 Å². The van der Waals surface area contributed by atoms with Crippen LogP contribution in [0.4, 0.5) is 5.69 Å². The van der Waals surface area contributed by atoms with Crippen molar-refractivity contribution < 1.29 is 14.3 Å². The zero-order valence-corrected chi connectivity index (χ0v) is 15.1. The van der Waals surface area contributed by atoms with Crippen LogP contribution in [0.5, 0.6) is 5.88 Å². The Balaban J connectivity index is 2.32. The van der Waals surface area contributed by atoms with Crippen molar-refractivity contribution in [3.8, 4) is 5.88 Å². The van der Waals surface area contributed by atoms with Crippen molar-refractivity contribution >= 4 is 29.1 Å². The van der Waals surface area contributed by atoms with Crippen molar-refractivity contribution in [3.63, 3.8) is 0 Å². The number of pyridine rings is 1. The van der Waals surface area contributed by atoms with E-state index in [0.717, 1.165) is 0 Å². The molecule has 0 aliphatic rings. The van der Waals surface area contributed by atoms with E-state index in [-0.39, 0.29) is 23.4 Å². The Morgan fingerprint density at radius 1 is 1.20 bits per heavy atom. The summed E-state index contributed by atoms with van der Waals surface area (Å²) in [4.78, 5) is 29.0. The van der Waals surface area contributed by atoms with E-state index in [0.29, 0.717) is 22.9 Å². The van der Waals surface area contributed by atoms with Gasteiger partial charge in [0, 0.05) is 17.3 Å². The summed E-state index contributed by atoms with van der Waals surface area (Å²) in [5.74, 6) is -0.492. The van der Waals surface area contributed by atoms with Crippen LogP contribution in [0, 0.1) is 0 Å². The third-order valence-electron chi connectivity index (χ3n) is 3.19. The Morgan fingerprint density at radius 2 is 1.96 bits per heavy atom. The molecule has 2 N–H and O–H groups in total. The molecule has 132 valence electrons. The number of hydrogen-bond donors (Lipinski definition) is 2. The normalized spacial score (nSPS) is 10.4. The minimum atomic E-state index is -0.433. The molecule has 0 radical (unpaired) electrons. The molecule has 0 spiro atoms. The number of carbonyl (C=O) groups excluding carboxylic acids is 2. The van der Waals surface area contributed by atoms with E-state index in [1.807, 2.05) is 20.8 Å². The Hall–Kier alpha value is -2.60. The third kappa shape index (κ3) is 4.93. The Bertz CT molecular complexity index is 778. The van der Waals surface area contributed by atoms with E-state index in [1.165, 1.54) is 6.07 Å². The zero-order chi connectivity index (χ0) is 18.4. The van der Waals surface area contributed by atoms with Gasteiger partial charge in [-0.2, -0.15) is 0 Å². The van der Waals surface area contributed by atoms with Crippen LogP contribution in [0.15, 0.2) is 36.5 Å². The molecule has 0 atom stereocenters. The van der Waals surface area contributed by atoms with E-state index in [1.54, 1.807) is 30.5 Å². The van der Waals surface area contributed by atoms with Gasteiger partial charge in [0.1, 0.15) is 5.56 Å². The highest BCUT2D eigenvalue weighted by atomic mass is 35.5. The molecule has 2 aromatic rings. The molecule has 0 aliphatic heterocycles. The first kappa shape index (κ1) is 18.7. The SMILES string of the molecule is CCOc1ncccc1C(=O)Nc1cc(Cl)ccc1C(=O)NC(C)C. The summed E-state index contributed by atoms with van der Waals surface area (Å²) >= 11 is 6.02. The van der Waals surface area contributed by atoms with Crippen molar-refractivity contribution in [2.24, 2.45) is 0 Å². The number of rotatable bonds is 6. The molecule has 1 heterocycles. The quantitative estimate of drug-likeness (QED) is 0.824. The predicted molar refractivity (Wildman–Crippen MR) is 97.4 cm³/mol. The van der Waals surface area contributed by atoms with Gasteiger partial charge in [0.25, 0.3) is 11.8 Å². The Labute approximate surface area is 151 Å². The van der Waals surface area contributed by atoms with Crippen molar-refractivity contribution in [1.29, 1.82) is 0 Å². The van der Waals surface area contributed by atoms with E-state index >= 15 is 0 Å². The van der Waals surface area contributed by atoms with Gasteiger partial charge in [-0.25, -0.2) is 4.98 Å². The fourth-order valence-corrected chi connectivity index (χ4v) is 2.33. The highest BCUT2D eigenvalue weighted by Gasteiger charge is 2.18. The molecule has 0 saturated heterocycles. The lowest BCUT2D eigenvalue weighted by Crippen LogP contribution is -2.31.